The van der Waals surface area contributed by atoms with Gasteiger partial charge in [0.25, 0.3) is 0 Å². The maximum Gasteiger partial charge on any atom is 0.166 e. The molecule has 3 aromatic heterocycles. The average Bonchev–Trinajstić information content (AvgIpc) is 2.84. The Hall–Kier alpha value is -1.88. The first-order valence-corrected chi connectivity index (χ1v) is 5.62. The second kappa shape index (κ2) is 3.31. The summed E-state index contributed by atoms with van der Waals surface area (Å²) in [4.78, 5) is 10.8. The van der Waals surface area contributed by atoms with Crippen molar-refractivity contribution >= 4 is 27.4 Å². The van der Waals surface area contributed by atoms with Crippen molar-refractivity contribution < 1.29 is 4.42 Å². The van der Waals surface area contributed by atoms with E-state index in [4.69, 9.17) is 10.2 Å². The predicted molar refractivity (Wildman–Crippen MR) is 64.3 cm³/mol. The largest absolute Gasteiger partial charge is 0.472 e. The lowest BCUT2D eigenvalue weighted by Gasteiger charge is -1.98. The van der Waals surface area contributed by atoms with E-state index in [0.29, 0.717) is 11.6 Å². The molecular formula is C11H9N3OS. The summed E-state index contributed by atoms with van der Waals surface area (Å²) in [6, 6.07) is 3.83. The van der Waals surface area contributed by atoms with E-state index in [1.807, 2.05) is 19.1 Å². The van der Waals surface area contributed by atoms with Gasteiger partial charge in [0.05, 0.1) is 17.2 Å². The normalized spacial score (nSPS) is 11.1. The molecule has 0 aliphatic rings. The number of nitrogens with two attached hydrogens (primary N) is 1. The van der Waals surface area contributed by atoms with Gasteiger partial charge in [0.1, 0.15) is 16.9 Å². The first-order chi connectivity index (χ1) is 7.74. The van der Waals surface area contributed by atoms with Crippen molar-refractivity contribution in [2.45, 2.75) is 6.92 Å². The van der Waals surface area contributed by atoms with Crippen LogP contribution in [0.4, 0.5) is 5.82 Å². The summed E-state index contributed by atoms with van der Waals surface area (Å²) in [6.45, 7) is 2.03. The third kappa shape index (κ3) is 1.37. The Morgan fingerprint density at radius 1 is 1.38 bits per heavy atom. The van der Waals surface area contributed by atoms with E-state index in [1.54, 1.807) is 23.9 Å². The van der Waals surface area contributed by atoms with E-state index >= 15 is 0 Å². The van der Waals surface area contributed by atoms with Crippen LogP contribution in [-0.4, -0.2) is 9.97 Å². The maximum absolute atomic E-state index is 5.90. The molecule has 0 saturated carbocycles. The average molecular weight is 231 g/mol. The molecule has 0 aliphatic carbocycles. The number of hydrogen-bond acceptors (Lipinski definition) is 5. The first-order valence-electron chi connectivity index (χ1n) is 4.80. The van der Waals surface area contributed by atoms with Crippen LogP contribution >= 0.6 is 11.3 Å². The minimum atomic E-state index is 0.519. The monoisotopic (exact) mass is 231 g/mol. The minimum absolute atomic E-state index is 0.519. The Morgan fingerprint density at radius 2 is 2.25 bits per heavy atom. The number of fused-ring (bicyclic) bond motifs is 1. The quantitative estimate of drug-likeness (QED) is 0.699. The van der Waals surface area contributed by atoms with Crippen LogP contribution in [0.3, 0.4) is 0 Å². The van der Waals surface area contributed by atoms with Gasteiger partial charge in [-0.15, -0.1) is 11.3 Å². The van der Waals surface area contributed by atoms with Crippen molar-refractivity contribution in [3.05, 3.63) is 29.5 Å². The zero-order valence-corrected chi connectivity index (χ0v) is 9.41. The van der Waals surface area contributed by atoms with E-state index in [1.165, 1.54) is 4.88 Å². The van der Waals surface area contributed by atoms with Crippen molar-refractivity contribution in [1.29, 1.82) is 0 Å². The molecule has 0 spiro atoms. The number of nitrogen functional groups attached to an aromatic ring is 1. The van der Waals surface area contributed by atoms with E-state index < -0.39 is 0 Å². The molecule has 16 heavy (non-hydrogen) atoms. The molecule has 2 N–H and O–H groups in total. The Kier molecular flexibility index (Phi) is 1.94. The van der Waals surface area contributed by atoms with Crippen LogP contribution in [0, 0.1) is 6.92 Å². The lowest BCUT2D eigenvalue weighted by atomic mass is 10.3. The van der Waals surface area contributed by atoms with Gasteiger partial charge in [0.15, 0.2) is 5.82 Å². The van der Waals surface area contributed by atoms with Crippen LogP contribution in [0.5, 0.6) is 0 Å². The highest BCUT2D eigenvalue weighted by atomic mass is 32.1. The zero-order valence-electron chi connectivity index (χ0n) is 8.60. The third-order valence-electron chi connectivity index (χ3n) is 2.32. The van der Waals surface area contributed by atoms with E-state index in [-0.39, 0.29) is 0 Å². The predicted octanol–water partition coefficient (Wildman–Crippen LogP) is 2.84. The van der Waals surface area contributed by atoms with Crippen LogP contribution in [0.15, 0.2) is 29.1 Å². The lowest BCUT2D eigenvalue weighted by molar-refractivity contribution is 0.568. The molecule has 0 atom stereocenters. The lowest BCUT2D eigenvalue weighted by Crippen LogP contribution is -1.95. The molecule has 0 radical (unpaired) electrons. The molecule has 3 heterocycles. The van der Waals surface area contributed by atoms with Gasteiger partial charge in [0, 0.05) is 4.88 Å². The van der Waals surface area contributed by atoms with Crippen LogP contribution in [0.25, 0.3) is 21.6 Å². The summed E-state index contributed by atoms with van der Waals surface area (Å²) < 4.78 is 5.01. The molecule has 0 unspecified atom stereocenters. The molecule has 5 heteroatoms. The highest BCUT2D eigenvalue weighted by molar-refractivity contribution is 7.18. The second-order valence-corrected chi connectivity index (χ2v) is 4.76. The van der Waals surface area contributed by atoms with Crippen LogP contribution < -0.4 is 5.73 Å². The summed E-state index contributed by atoms with van der Waals surface area (Å²) >= 11 is 1.62. The van der Waals surface area contributed by atoms with Gasteiger partial charge in [0.2, 0.25) is 0 Å². The number of hydrogen-bond donors (Lipinski definition) is 1. The van der Waals surface area contributed by atoms with Gasteiger partial charge < -0.3 is 10.2 Å². The van der Waals surface area contributed by atoms with Crippen molar-refractivity contribution in [3.63, 3.8) is 0 Å². The van der Waals surface area contributed by atoms with E-state index in [2.05, 4.69) is 9.97 Å². The number of aryl methyl sites for hydroxylation is 1. The summed E-state index contributed by atoms with van der Waals surface area (Å²) in [6.07, 6.45) is 3.21. The third-order valence-corrected chi connectivity index (χ3v) is 3.27. The molecule has 80 valence electrons. The number of rotatable bonds is 1. The number of nitrogens with zero attached hydrogens (tertiary/aromatic N) is 2. The standard InChI is InChI=1S/C11H9N3OS/c1-6-4-8-9(12)13-10(14-11(8)16-6)7-2-3-15-5-7/h2-5H,1H3,(H2,12,13,14). The van der Waals surface area contributed by atoms with Crippen LogP contribution in [0.1, 0.15) is 4.88 Å². The molecule has 0 bridgehead atoms. The smallest absolute Gasteiger partial charge is 0.166 e. The summed E-state index contributed by atoms with van der Waals surface area (Å²) in [7, 11) is 0. The SMILES string of the molecule is Cc1cc2c(N)nc(-c3ccoc3)nc2s1. The second-order valence-electron chi connectivity index (χ2n) is 3.52. The van der Waals surface area contributed by atoms with Gasteiger partial charge in [-0.25, -0.2) is 9.97 Å². The van der Waals surface area contributed by atoms with Gasteiger partial charge in [-0.3, -0.25) is 0 Å². The highest BCUT2D eigenvalue weighted by Gasteiger charge is 2.10. The van der Waals surface area contributed by atoms with E-state index in [9.17, 15) is 0 Å². The maximum atomic E-state index is 5.90. The summed E-state index contributed by atoms with van der Waals surface area (Å²) in [5.74, 6) is 1.13. The fraction of sp³-hybridized carbons (Fsp3) is 0.0909. The van der Waals surface area contributed by atoms with Crippen molar-refractivity contribution in [2.75, 3.05) is 5.73 Å². The summed E-state index contributed by atoms with van der Waals surface area (Å²) in [5.41, 5.74) is 6.75. The molecule has 0 saturated heterocycles. The first kappa shape index (κ1) is 9.35. The Labute approximate surface area is 95.7 Å². The zero-order chi connectivity index (χ0) is 11.1. The Balaban J connectivity index is 2.28. The van der Waals surface area contributed by atoms with Gasteiger partial charge in [-0.1, -0.05) is 0 Å². The number of anilines is 1. The van der Waals surface area contributed by atoms with Crippen molar-refractivity contribution in [2.24, 2.45) is 0 Å². The Morgan fingerprint density at radius 3 is 3.00 bits per heavy atom. The molecule has 0 fully saturated rings. The van der Waals surface area contributed by atoms with Crippen LogP contribution in [-0.2, 0) is 0 Å². The van der Waals surface area contributed by atoms with Gasteiger partial charge in [-0.05, 0) is 19.1 Å². The van der Waals surface area contributed by atoms with Crippen molar-refractivity contribution in [3.8, 4) is 11.4 Å². The molecule has 0 amide bonds. The fourth-order valence-electron chi connectivity index (χ4n) is 1.58. The topological polar surface area (TPSA) is 64.9 Å². The number of thiophene rings is 1. The Bertz CT molecular complexity index is 643. The molecular weight excluding hydrogens is 222 g/mol. The van der Waals surface area contributed by atoms with Gasteiger partial charge >= 0.3 is 0 Å². The molecule has 0 aliphatic heterocycles. The highest BCUT2D eigenvalue weighted by Crippen LogP contribution is 2.29. The minimum Gasteiger partial charge on any atom is -0.472 e. The van der Waals surface area contributed by atoms with Crippen molar-refractivity contribution in [1.82, 2.24) is 9.97 Å². The summed E-state index contributed by atoms with van der Waals surface area (Å²) in [5, 5.41) is 0.926. The number of furan rings is 1. The number of aromatic nitrogens is 2. The molecule has 0 aromatic carbocycles. The fourth-order valence-corrected chi connectivity index (χ4v) is 2.47. The molecule has 3 aromatic rings. The van der Waals surface area contributed by atoms with Crippen LogP contribution in [0.2, 0.25) is 0 Å². The molecule has 4 nitrogen and oxygen atoms in total. The van der Waals surface area contributed by atoms with E-state index in [0.717, 1.165) is 15.8 Å². The molecule has 3 rings (SSSR count). The van der Waals surface area contributed by atoms with Gasteiger partial charge in [-0.2, -0.15) is 0 Å².